The molecule has 2 nitrogen and oxygen atoms in total. The Hall–Kier alpha value is -0.930. The number of hydrogen-bond donors (Lipinski definition) is 1. The quantitative estimate of drug-likeness (QED) is 0.777. The first-order valence-electron chi connectivity index (χ1n) is 7.18. The van der Waals surface area contributed by atoms with Gasteiger partial charge in [0.25, 0.3) is 0 Å². The molecule has 1 aromatic rings. The molecule has 0 aliphatic rings. The second-order valence-electron chi connectivity index (χ2n) is 5.66. The largest absolute Gasteiger partial charge is 0.315 e. The average Bonchev–Trinajstić information content (AvgIpc) is 2.37. The fraction of sp³-hybridized carbons (Fsp3) is 0.625. The molecule has 1 N–H and O–H groups in total. The van der Waals surface area contributed by atoms with Crippen molar-refractivity contribution < 1.29 is 4.39 Å². The zero-order valence-corrected chi connectivity index (χ0v) is 12.6. The topological polar surface area (TPSA) is 15.3 Å². The molecule has 1 atom stereocenters. The first-order valence-corrected chi connectivity index (χ1v) is 7.18. The Morgan fingerprint density at radius 2 is 1.79 bits per heavy atom. The molecule has 1 unspecified atom stereocenters. The Kier molecular flexibility index (Phi) is 7.03. The molecule has 0 radical (unpaired) electrons. The number of nitrogens with one attached hydrogen (secondary N) is 1. The second kappa shape index (κ2) is 8.28. The van der Waals surface area contributed by atoms with Gasteiger partial charge in [0.05, 0.1) is 0 Å². The molecule has 108 valence electrons. The highest BCUT2D eigenvalue weighted by Gasteiger charge is 2.12. The van der Waals surface area contributed by atoms with E-state index < -0.39 is 0 Å². The van der Waals surface area contributed by atoms with Gasteiger partial charge in [-0.05, 0) is 43.6 Å². The van der Waals surface area contributed by atoms with Crippen molar-refractivity contribution in [1.82, 2.24) is 10.2 Å². The van der Waals surface area contributed by atoms with E-state index in [2.05, 4.69) is 38.0 Å². The van der Waals surface area contributed by atoms with Gasteiger partial charge in [-0.15, -0.1) is 0 Å². The van der Waals surface area contributed by atoms with E-state index in [0.29, 0.717) is 12.0 Å². The Labute approximate surface area is 117 Å². The Morgan fingerprint density at radius 3 is 2.32 bits per heavy atom. The number of rotatable bonds is 8. The highest BCUT2D eigenvalue weighted by Crippen LogP contribution is 2.09. The maximum atomic E-state index is 12.9. The fourth-order valence-electron chi connectivity index (χ4n) is 2.16. The standard InChI is InChI=1S/C16H27FN2/c1-5-16(11-18-10-13(2)3)19(4)12-14-6-8-15(17)9-7-14/h6-9,13,16,18H,5,10-12H2,1-4H3. The van der Waals surface area contributed by atoms with Crippen LogP contribution in [0.15, 0.2) is 24.3 Å². The highest BCUT2D eigenvalue weighted by atomic mass is 19.1. The minimum Gasteiger partial charge on any atom is -0.315 e. The zero-order valence-electron chi connectivity index (χ0n) is 12.6. The van der Waals surface area contributed by atoms with Gasteiger partial charge in [0.2, 0.25) is 0 Å². The van der Waals surface area contributed by atoms with E-state index in [1.165, 1.54) is 12.1 Å². The Morgan fingerprint density at radius 1 is 1.16 bits per heavy atom. The summed E-state index contributed by atoms with van der Waals surface area (Å²) in [4.78, 5) is 2.33. The van der Waals surface area contributed by atoms with Crippen LogP contribution in [0.5, 0.6) is 0 Å². The van der Waals surface area contributed by atoms with Crippen LogP contribution in [0.1, 0.15) is 32.8 Å². The number of hydrogen-bond acceptors (Lipinski definition) is 2. The van der Waals surface area contributed by atoms with Crippen LogP contribution in [0.4, 0.5) is 4.39 Å². The molecule has 1 rings (SSSR count). The van der Waals surface area contributed by atoms with Crippen LogP contribution in [0.3, 0.4) is 0 Å². The van der Waals surface area contributed by atoms with Crippen LogP contribution in [0.25, 0.3) is 0 Å². The lowest BCUT2D eigenvalue weighted by molar-refractivity contribution is 0.220. The van der Waals surface area contributed by atoms with Crippen molar-refractivity contribution in [2.24, 2.45) is 5.92 Å². The van der Waals surface area contributed by atoms with Gasteiger partial charge in [-0.3, -0.25) is 4.90 Å². The molecule has 0 heterocycles. The van der Waals surface area contributed by atoms with Gasteiger partial charge < -0.3 is 5.32 Å². The lowest BCUT2D eigenvalue weighted by atomic mass is 10.1. The van der Waals surface area contributed by atoms with Crippen molar-refractivity contribution >= 4 is 0 Å². The van der Waals surface area contributed by atoms with Crippen LogP contribution in [0.2, 0.25) is 0 Å². The number of likely N-dealkylation sites (N-methyl/N-ethyl adjacent to an activating group) is 1. The third-order valence-electron chi connectivity index (χ3n) is 3.37. The van der Waals surface area contributed by atoms with E-state index in [4.69, 9.17) is 0 Å². The first kappa shape index (κ1) is 16.1. The predicted molar refractivity (Wildman–Crippen MR) is 79.7 cm³/mol. The molecule has 0 saturated heterocycles. The molecule has 1 aromatic carbocycles. The summed E-state index contributed by atoms with van der Waals surface area (Å²) in [5, 5.41) is 3.51. The summed E-state index contributed by atoms with van der Waals surface area (Å²) in [6.45, 7) is 9.57. The Bertz CT molecular complexity index is 348. The van der Waals surface area contributed by atoms with Crippen molar-refractivity contribution in [2.45, 2.75) is 39.8 Å². The summed E-state index contributed by atoms with van der Waals surface area (Å²) in [5.74, 6) is 0.511. The molecule has 0 spiro atoms. The van der Waals surface area contributed by atoms with Gasteiger partial charge >= 0.3 is 0 Å². The van der Waals surface area contributed by atoms with Crippen LogP contribution < -0.4 is 5.32 Å². The van der Waals surface area contributed by atoms with Crippen LogP contribution in [-0.2, 0) is 6.54 Å². The molecule has 19 heavy (non-hydrogen) atoms. The van der Waals surface area contributed by atoms with Crippen molar-refractivity contribution in [3.05, 3.63) is 35.6 Å². The van der Waals surface area contributed by atoms with Crippen molar-refractivity contribution in [3.8, 4) is 0 Å². The number of halogens is 1. The smallest absolute Gasteiger partial charge is 0.123 e. The summed E-state index contributed by atoms with van der Waals surface area (Å²) >= 11 is 0. The number of benzene rings is 1. The van der Waals surface area contributed by atoms with Crippen molar-refractivity contribution in [3.63, 3.8) is 0 Å². The summed E-state index contributed by atoms with van der Waals surface area (Å²) in [6.07, 6.45) is 1.11. The molecular formula is C16H27FN2. The molecular weight excluding hydrogens is 239 g/mol. The third-order valence-corrected chi connectivity index (χ3v) is 3.37. The van der Waals surface area contributed by atoms with Gasteiger partial charge in [-0.25, -0.2) is 4.39 Å². The predicted octanol–water partition coefficient (Wildman–Crippen LogP) is 3.28. The van der Waals surface area contributed by atoms with Gasteiger partial charge in [-0.2, -0.15) is 0 Å². The second-order valence-corrected chi connectivity index (χ2v) is 5.66. The van der Waals surface area contributed by atoms with Crippen LogP contribution in [-0.4, -0.2) is 31.1 Å². The van der Waals surface area contributed by atoms with Gasteiger partial charge in [0.1, 0.15) is 5.82 Å². The van der Waals surface area contributed by atoms with Gasteiger partial charge in [0, 0.05) is 19.1 Å². The minimum absolute atomic E-state index is 0.169. The summed E-state index contributed by atoms with van der Waals surface area (Å²) in [5.41, 5.74) is 1.16. The lowest BCUT2D eigenvalue weighted by Gasteiger charge is -2.28. The van der Waals surface area contributed by atoms with E-state index >= 15 is 0 Å². The van der Waals surface area contributed by atoms with Crippen LogP contribution in [0, 0.1) is 11.7 Å². The molecule has 0 aromatic heterocycles. The molecule has 0 aliphatic heterocycles. The van der Waals surface area contributed by atoms with Crippen LogP contribution >= 0.6 is 0 Å². The lowest BCUT2D eigenvalue weighted by Crippen LogP contribution is -2.40. The maximum absolute atomic E-state index is 12.9. The molecule has 0 amide bonds. The molecule has 0 bridgehead atoms. The molecule has 3 heteroatoms. The summed E-state index contributed by atoms with van der Waals surface area (Å²) in [7, 11) is 2.13. The first-order chi connectivity index (χ1) is 9.02. The summed E-state index contributed by atoms with van der Waals surface area (Å²) in [6, 6.07) is 7.30. The Balaban J connectivity index is 2.44. The average molecular weight is 266 g/mol. The van der Waals surface area contributed by atoms with E-state index in [9.17, 15) is 4.39 Å². The van der Waals surface area contributed by atoms with E-state index in [0.717, 1.165) is 31.6 Å². The normalized spacial score (nSPS) is 13.2. The van der Waals surface area contributed by atoms with Gasteiger partial charge in [0.15, 0.2) is 0 Å². The summed E-state index contributed by atoms with van der Waals surface area (Å²) < 4.78 is 12.9. The molecule has 0 saturated carbocycles. The fourth-order valence-corrected chi connectivity index (χ4v) is 2.16. The monoisotopic (exact) mass is 266 g/mol. The van der Waals surface area contributed by atoms with E-state index in [-0.39, 0.29) is 5.82 Å². The minimum atomic E-state index is -0.169. The highest BCUT2D eigenvalue weighted by molar-refractivity contribution is 5.15. The third kappa shape index (κ3) is 6.17. The molecule has 0 fully saturated rings. The SMILES string of the molecule is CCC(CNCC(C)C)N(C)Cc1ccc(F)cc1. The van der Waals surface area contributed by atoms with Gasteiger partial charge in [-0.1, -0.05) is 32.9 Å². The number of nitrogens with zero attached hydrogens (tertiary/aromatic N) is 1. The van der Waals surface area contributed by atoms with Crippen molar-refractivity contribution in [1.29, 1.82) is 0 Å². The zero-order chi connectivity index (χ0) is 14.3. The maximum Gasteiger partial charge on any atom is 0.123 e. The van der Waals surface area contributed by atoms with Crippen molar-refractivity contribution in [2.75, 3.05) is 20.1 Å². The molecule has 0 aliphatic carbocycles. The van der Waals surface area contributed by atoms with E-state index in [1.54, 1.807) is 0 Å². The van der Waals surface area contributed by atoms with E-state index in [1.807, 2.05) is 12.1 Å².